The summed E-state index contributed by atoms with van der Waals surface area (Å²) in [5.74, 6) is -1.48. The summed E-state index contributed by atoms with van der Waals surface area (Å²) in [6.45, 7) is 2.52. The largest absolute Gasteiger partial charge is 0.465 e. The van der Waals surface area contributed by atoms with Gasteiger partial charge in [0.15, 0.2) is 0 Å². The monoisotopic (exact) mass is 501 g/mol. The van der Waals surface area contributed by atoms with Crippen LogP contribution in [0.1, 0.15) is 22.4 Å². The van der Waals surface area contributed by atoms with Crippen molar-refractivity contribution in [2.75, 3.05) is 25.7 Å². The van der Waals surface area contributed by atoms with Crippen molar-refractivity contribution in [1.82, 2.24) is 4.57 Å². The van der Waals surface area contributed by atoms with Crippen LogP contribution in [0, 0.1) is 6.92 Å². The standard InChI is InChI=1S/C28H27N3O6/c1-17-15-21-22(25(32)30(17)13-14-35-2)28(23(24(29)37-21)26(33)36-3)19-11-7-8-12-20(19)31(27(28)34)16-18-9-5-4-6-10-18/h4-12,15H,13-14,16,29H2,1-3H3/t28-/m1/s1. The Morgan fingerprint density at radius 3 is 2.46 bits per heavy atom. The van der Waals surface area contributed by atoms with Crippen LogP contribution in [-0.2, 0) is 37.6 Å². The molecule has 3 aromatic rings. The summed E-state index contributed by atoms with van der Waals surface area (Å²) in [6, 6.07) is 18.2. The summed E-state index contributed by atoms with van der Waals surface area (Å²) in [6.07, 6.45) is 0. The molecule has 9 nitrogen and oxygen atoms in total. The van der Waals surface area contributed by atoms with E-state index in [2.05, 4.69) is 0 Å². The van der Waals surface area contributed by atoms with Crippen LogP contribution in [0.3, 0.4) is 0 Å². The van der Waals surface area contributed by atoms with Crippen molar-refractivity contribution in [3.05, 3.63) is 105 Å². The average molecular weight is 502 g/mol. The average Bonchev–Trinajstić information content (AvgIpc) is 3.12. The van der Waals surface area contributed by atoms with Crippen molar-refractivity contribution in [3.63, 3.8) is 0 Å². The third-order valence-electron chi connectivity index (χ3n) is 6.94. The lowest BCUT2D eigenvalue weighted by atomic mass is 9.68. The Hall–Kier alpha value is -4.37. The first-order chi connectivity index (χ1) is 17.9. The number of carbonyl (C=O) groups is 2. The Morgan fingerprint density at radius 1 is 1.05 bits per heavy atom. The van der Waals surface area contributed by atoms with Crippen molar-refractivity contribution in [1.29, 1.82) is 0 Å². The predicted octanol–water partition coefficient (Wildman–Crippen LogP) is 2.37. The van der Waals surface area contributed by atoms with Gasteiger partial charge in [0.05, 0.1) is 25.8 Å². The molecule has 0 bridgehead atoms. The Balaban J connectivity index is 1.85. The van der Waals surface area contributed by atoms with Gasteiger partial charge < -0.3 is 29.4 Å². The molecule has 37 heavy (non-hydrogen) atoms. The molecule has 1 atom stereocenters. The zero-order chi connectivity index (χ0) is 26.3. The number of aromatic nitrogens is 1. The maximum Gasteiger partial charge on any atom is 0.340 e. The highest BCUT2D eigenvalue weighted by Gasteiger charge is 2.62. The van der Waals surface area contributed by atoms with Gasteiger partial charge in [-0.3, -0.25) is 9.59 Å². The molecule has 1 aromatic heterocycles. The van der Waals surface area contributed by atoms with Crippen LogP contribution in [0.2, 0.25) is 0 Å². The number of amides is 1. The molecule has 0 radical (unpaired) electrons. The molecule has 1 amide bonds. The van der Waals surface area contributed by atoms with E-state index >= 15 is 0 Å². The third kappa shape index (κ3) is 3.54. The fourth-order valence-electron chi connectivity index (χ4n) is 5.32. The molecule has 0 fully saturated rings. The van der Waals surface area contributed by atoms with E-state index in [0.29, 0.717) is 16.9 Å². The maximum absolute atomic E-state index is 14.6. The van der Waals surface area contributed by atoms with Gasteiger partial charge in [-0.05, 0) is 18.6 Å². The van der Waals surface area contributed by atoms with E-state index in [1.165, 1.54) is 11.7 Å². The summed E-state index contributed by atoms with van der Waals surface area (Å²) < 4.78 is 17.6. The number of nitrogens with two attached hydrogens (primary N) is 1. The van der Waals surface area contributed by atoms with Crippen molar-refractivity contribution in [2.24, 2.45) is 5.73 Å². The van der Waals surface area contributed by atoms with Crippen LogP contribution in [-0.4, -0.2) is 37.3 Å². The number of anilines is 1. The minimum Gasteiger partial charge on any atom is -0.465 e. The fraction of sp³-hybridized carbons (Fsp3) is 0.250. The minimum absolute atomic E-state index is 0.0248. The topological polar surface area (TPSA) is 113 Å². The molecule has 0 saturated heterocycles. The number of hydrogen-bond acceptors (Lipinski definition) is 7. The van der Waals surface area contributed by atoms with Crippen LogP contribution in [0.4, 0.5) is 5.69 Å². The van der Waals surface area contributed by atoms with Gasteiger partial charge in [0.1, 0.15) is 16.7 Å². The van der Waals surface area contributed by atoms with Gasteiger partial charge in [0.2, 0.25) is 11.8 Å². The van der Waals surface area contributed by atoms with Crippen LogP contribution >= 0.6 is 0 Å². The second-order valence-electron chi connectivity index (χ2n) is 8.95. The molecule has 5 rings (SSSR count). The fourth-order valence-corrected chi connectivity index (χ4v) is 5.32. The highest BCUT2D eigenvalue weighted by atomic mass is 16.5. The van der Waals surface area contributed by atoms with E-state index in [4.69, 9.17) is 19.9 Å². The van der Waals surface area contributed by atoms with Gasteiger partial charge in [-0.1, -0.05) is 48.5 Å². The SMILES string of the molecule is COCCn1c(C)cc2c(c1=O)[C@@]1(C(=O)N(Cc3ccccc3)c3ccccc31)C(C(=O)OC)=C(N)O2. The van der Waals surface area contributed by atoms with Crippen LogP contribution in [0.5, 0.6) is 5.75 Å². The lowest BCUT2D eigenvalue weighted by Crippen LogP contribution is -2.52. The molecule has 2 aliphatic heterocycles. The summed E-state index contributed by atoms with van der Waals surface area (Å²) in [5, 5.41) is 0. The van der Waals surface area contributed by atoms with Crippen molar-refractivity contribution < 1.29 is 23.8 Å². The van der Waals surface area contributed by atoms with Gasteiger partial charge in [0.25, 0.3) is 5.56 Å². The first kappa shape index (κ1) is 24.3. The van der Waals surface area contributed by atoms with Gasteiger partial charge >= 0.3 is 5.97 Å². The number of esters is 1. The highest BCUT2D eigenvalue weighted by Crippen LogP contribution is 2.54. The first-order valence-corrected chi connectivity index (χ1v) is 11.8. The Morgan fingerprint density at radius 2 is 1.76 bits per heavy atom. The Labute approximate surface area is 213 Å². The van der Waals surface area contributed by atoms with Crippen molar-refractivity contribution in [3.8, 4) is 5.75 Å². The van der Waals surface area contributed by atoms with E-state index in [9.17, 15) is 14.4 Å². The number of rotatable bonds is 6. The van der Waals surface area contributed by atoms with Gasteiger partial charge in [0, 0.05) is 36.7 Å². The molecular formula is C28H27N3O6. The van der Waals surface area contributed by atoms with Crippen LogP contribution in [0.15, 0.2) is 76.9 Å². The molecular weight excluding hydrogens is 474 g/mol. The number of aryl methyl sites for hydroxylation is 1. The van der Waals surface area contributed by atoms with Gasteiger partial charge in [-0.15, -0.1) is 0 Å². The summed E-state index contributed by atoms with van der Waals surface area (Å²) in [4.78, 5) is 43.6. The predicted molar refractivity (Wildman–Crippen MR) is 136 cm³/mol. The maximum atomic E-state index is 14.6. The molecule has 0 aliphatic carbocycles. The number of ether oxygens (including phenoxy) is 3. The second kappa shape index (κ2) is 9.25. The van der Waals surface area contributed by atoms with E-state index in [-0.39, 0.29) is 42.5 Å². The quantitative estimate of drug-likeness (QED) is 0.516. The molecule has 2 aliphatic rings. The minimum atomic E-state index is -1.85. The summed E-state index contributed by atoms with van der Waals surface area (Å²) in [5.41, 5.74) is 6.33. The van der Waals surface area contributed by atoms with E-state index in [0.717, 1.165) is 5.56 Å². The molecule has 0 saturated carbocycles. The third-order valence-corrected chi connectivity index (χ3v) is 6.94. The number of benzene rings is 2. The number of carbonyl (C=O) groups excluding carboxylic acids is 2. The van der Waals surface area contributed by atoms with E-state index in [1.807, 2.05) is 30.3 Å². The van der Waals surface area contributed by atoms with Crippen LogP contribution < -0.4 is 20.9 Å². The number of fused-ring (bicyclic) bond motifs is 4. The number of hydrogen-bond donors (Lipinski definition) is 1. The van der Waals surface area contributed by atoms with Crippen LogP contribution in [0.25, 0.3) is 0 Å². The second-order valence-corrected chi connectivity index (χ2v) is 8.95. The van der Waals surface area contributed by atoms with Crippen molar-refractivity contribution >= 4 is 17.6 Å². The number of nitrogens with zero attached hydrogens (tertiary/aromatic N) is 2. The first-order valence-electron chi connectivity index (χ1n) is 11.8. The summed E-state index contributed by atoms with van der Waals surface area (Å²) >= 11 is 0. The lowest BCUT2D eigenvalue weighted by molar-refractivity contribution is -0.138. The lowest BCUT2D eigenvalue weighted by Gasteiger charge is -2.36. The molecule has 9 heteroatoms. The van der Waals surface area contributed by atoms with E-state index < -0.39 is 22.9 Å². The molecule has 1 spiro atoms. The highest BCUT2D eigenvalue weighted by molar-refractivity contribution is 6.18. The summed E-state index contributed by atoms with van der Waals surface area (Å²) in [7, 11) is 2.74. The molecule has 2 aromatic carbocycles. The molecule has 0 unspecified atom stereocenters. The number of pyridine rings is 1. The Bertz CT molecular complexity index is 1490. The molecule has 3 heterocycles. The van der Waals surface area contributed by atoms with Gasteiger partial charge in [-0.2, -0.15) is 0 Å². The molecule has 2 N–H and O–H groups in total. The molecule has 190 valence electrons. The smallest absolute Gasteiger partial charge is 0.340 e. The number of methoxy groups -OCH3 is 2. The number of para-hydroxylation sites is 1. The zero-order valence-corrected chi connectivity index (χ0v) is 20.8. The Kier molecular flexibility index (Phi) is 6.08. The normalized spacial score (nSPS) is 18.0. The zero-order valence-electron chi connectivity index (χ0n) is 20.8. The van der Waals surface area contributed by atoms with Gasteiger partial charge in [-0.25, -0.2) is 4.79 Å². The van der Waals surface area contributed by atoms with Crippen molar-refractivity contribution in [2.45, 2.75) is 25.4 Å². The van der Waals surface area contributed by atoms with E-state index in [1.54, 1.807) is 49.3 Å².